The first-order valence-electron chi connectivity index (χ1n) is 7.51. The van der Waals surface area contributed by atoms with Gasteiger partial charge in [-0.1, -0.05) is 0 Å². The van der Waals surface area contributed by atoms with E-state index in [0.29, 0.717) is 32.8 Å². The van der Waals surface area contributed by atoms with Crippen LogP contribution in [-0.4, -0.2) is 71.5 Å². The second-order valence-corrected chi connectivity index (χ2v) is 5.95. The van der Waals surface area contributed by atoms with Crippen molar-refractivity contribution in [3.63, 3.8) is 0 Å². The summed E-state index contributed by atoms with van der Waals surface area (Å²) in [6.07, 6.45) is 4.06. The molecule has 2 saturated heterocycles. The van der Waals surface area contributed by atoms with E-state index in [0.717, 1.165) is 18.9 Å². The van der Waals surface area contributed by atoms with Gasteiger partial charge in [-0.25, -0.2) is 4.98 Å². The molecule has 2 aliphatic heterocycles. The maximum absolute atomic E-state index is 10.9. The molecule has 2 fully saturated rings. The van der Waals surface area contributed by atoms with E-state index in [4.69, 9.17) is 10.5 Å². The Balaban J connectivity index is 1.73. The van der Waals surface area contributed by atoms with Crippen molar-refractivity contribution in [1.82, 2.24) is 14.9 Å². The molecule has 0 radical (unpaired) electrons. The van der Waals surface area contributed by atoms with Crippen molar-refractivity contribution >= 4 is 11.8 Å². The summed E-state index contributed by atoms with van der Waals surface area (Å²) in [5.74, 6) is 0.994. The number of rotatable bonds is 3. The molecule has 0 bridgehead atoms. The number of β-amino-alcohol motifs (C(OH)–C–C–N with tert-alkyl or cyclic N) is 1. The van der Waals surface area contributed by atoms with Crippen LogP contribution in [0.4, 0.5) is 11.8 Å². The average molecular weight is 293 g/mol. The zero-order valence-corrected chi connectivity index (χ0v) is 12.2. The van der Waals surface area contributed by atoms with Gasteiger partial charge in [-0.3, -0.25) is 0 Å². The lowest BCUT2D eigenvalue weighted by Gasteiger charge is -2.34. The maximum Gasteiger partial charge on any atom is 0.221 e. The molecule has 3 rings (SSSR count). The molecular formula is C14H23N5O2. The van der Waals surface area contributed by atoms with E-state index in [1.54, 1.807) is 6.20 Å². The maximum atomic E-state index is 10.9. The predicted octanol–water partition coefficient (Wildman–Crippen LogP) is -0.278. The van der Waals surface area contributed by atoms with E-state index >= 15 is 0 Å². The van der Waals surface area contributed by atoms with Crippen LogP contribution in [0.3, 0.4) is 0 Å². The Morgan fingerprint density at radius 1 is 1.33 bits per heavy atom. The predicted molar refractivity (Wildman–Crippen MR) is 80.1 cm³/mol. The highest BCUT2D eigenvalue weighted by molar-refractivity contribution is 5.41. The minimum absolute atomic E-state index is 0.251. The van der Waals surface area contributed by atoms with Crippen molar-refractivity contribution in [3.05, 3.63) is 12.3 Å². The van der Waals surface area contributed by atoms with Gasteiger partial charge in [0, 0.05) is 19.3 Å². The summed E-state index contributed by atoms with van der Waals surface area (Å²) in [6.45, 7) is 4.89. The van der Waals surface area contributed by atoms with Gasteiger partial charge >= 0.3 is 0 Å². The van der Waals surface area contributed by atoms with Crippen molar-refractivity contribution in [2.45, 2.75) is 18.4 Å². The molecule has 1 aromatic rings. The number of ether oxygens (including phenoxy) is 1. The monoisotopic (exact) mass is 293 g/mol. The van der Waals surface area contributed by atoms with Crippen LogP contribution in [0.1, 0.15) is 12.8 Å². The lowest BCUT2D eigenvalue weighted by Crippen LogP contribution is -2.52. The molecule has 3 N–H and O–H groups in total. The topological polar surface area (TPSA) is 87.7 Å². The first-order valence-corrected chi connectivity index (χ1v) is 7.51. The normalized spacial score (nSPS) is 27.8. The van der Waals surface area contributed by atoms with Crippen molar-refractivity contribution in [2.24, 2.45) is 0 Å². The highest BCUT2D eigenvalue weighted by Gasteiger charge is 2.35. The molecule has 0 spiro atoms. The van der Waals surface area contributed by atoms with Crippen molar-refractivity contribution in [2.75, 3.05) is 56.6 Å². The van der Waals surface area contributed by atoms with Gasteiger partial charge in [0.2, 0.25) is 5.95 Å². The fourth-order valence-electron chi connectivity index (χ4n) is 3.10. The number of anilines is 2. The number of nitrogens with two attached hydrogens (primary N) is 1. The number of aromatic nitrogens is 2. The summed E-state index contributed by atoms with van der Waals surface area (Å²) in [6, 6.07) is 1.82. The molecule has 7 heteroatoms. The molecule has 0 amide bonds. The highest BCUT2D eigenvalue weighted by Crippen LogP contribution is 2.21. The fourth-order valence-corrected chi connectivity index (χ4v) is 3.10. The third-order valence-corrected chi connectivity index (χ3v) is 4.06. The van der Waals surface area contributed by atoms with Crippen molar-refractivity contribution in [1.29, 1.82) is 0 Å². The smallest absolute Gasteiger partial charge is 0.221 e. The fraction of sp³-hybridized carbons (Fsp3) is 0.714. The molecule has 116 valence electrons. The Bertz CT molecular complexity index is 480. The molecule has 0 aliphatic carbocycles. The summed E-state index contributed by atoms with van der Waals surface area (Å²) < 4.78 is 5.61. The number of aliphatic hydroxyl groups is 1. The van der Waals surface area contributed by atoms with Gasteiger partial charge in [0.05, 0.1) is 19.8 Å². The van der Waals surface area contributed by atoms with Crippen molar-refractivity contribution in [3.8, 4) is 0 Å². The Labute approximate surface area is 124 Å². The van der Waals surface area contributed by atoms with Crippen molar-refractivity contribution < 1.29 is 9.84 Å². The van der Waals surface area contributed by atoms with E-state index in [2.05, 4.69) is 14.9 Å². The zero-order valence-electron chi connectivity index (χ0n) is 12.2. The summed E-state index contributed by atoms with van der Waals surface area (Å²) in [7, 11) is 0. The summed E-state index contributed by atoms with van der Waals surface area (Å²) in [5, 5.41) is 10.9. The Kier molecular flexibility index (Phi) is 4.23. The van der Waals surface area contributed by atoms with E-state index in [-0.39, 0.29) is 5.95 Å². The van der Waals surface area contributed by atoms with Crippen LogP contribution in [0.15, 0.2) is 12.3 Å². The largest absolute Gasteiger partial charge is 0.384 e. The summed E-state index contributed by atoms with van der Waals surface area (Å²) >= 11 is 0. The van der Waals surface area contributed by atoms with Gasteiger partial charge in [-0.15, -0.1) is 0 Å². The lowest BCUT2D eigenvalue weighted by atomic mass is 10.0. The quantitative estimate of drug-likeness (QED) is 0.792. The van der Waals surface area contributed by atoms with Gasteiger partial charge in [0.15, 0.2) is 0 Å². The summed E-state index contributed by atoms with van der Waals surface area (Å²) in [5.41, 5.74) is 4.78. The minimum Gasteiger partial charge on any atom is -0.384 e. The first-order chi connectivity index (χ1) is 10.1. The zero-order chi connectivity index (χ0) is 14.7. The molecule has 0 saturated carbocycles. The second-order valence-electron chi connectivity index (χ2n) is 5.95. The third-order valence-electron chi connectivity index (χ3n) is 4.06. The average Bonchev–Trinajstić information content (AvgIpc) is 2.87. The molecule has 2 aliphatic rings. The van der Waals surface area contributed by atoms with Crippen LogP contribution < -0.4 is 10.6 Å². The molecule has 0 aromatic carbocycles. The van der Waals surface area contributed by atoms with Crippen LogP contribution >= 0.6 is 0 Å². The Morgan fingerprint density at radius 3 is 2.90 bits per heavy atom. The number of hydrogen-bond donors (Lipinski definition) is 2. The van der Waals surface area contributed by atoms with E-state index in [1.165, 1.54) is 12.8 Å². The highest BCUT2D eigenvalue weighted by atomic mass is 16.5. The minimum atomic E-state index is -0.874. The molecule has 7 nitrogen and oxygen atoms in total. The molecular weight excluding hydrogens is 270 g/mol. The van der Waals surface area contributed by atoms with Gasteiger partial charge in [-0.05, 0) is 32.0 Å². The molecule has 21 heavy (non-hydrogen) atoms. The van der Waals surface area contributed by atoms with Crippen LogP contribution in [0.2, 0.25) is 0 Å². The standard InChI is InChI=1S/C14H23N5O2/c15-13-16-4-3-12(17-13)19-7-8-21-11-14(20,10-19)9-18-5-1-2-6-18/h3-4,20H,1-2,5-11H2,(H2,15,16,17)/t14-/m0/s1. The summed E-state index contributed by atoms with van der Waals surface area (Å²) in [4.78, 5) is 12.5. The van der Waals surface area contributed by atoms with Gasteiger partial charge in [0.1, 0.15) is 11.4 Å². The molecule has 3 heterocycles. The molecule has 1 atom stereocenters. The van der Waals surface area contributed by atoms with E-state index in [1.807, 2.05) is 11.0 Å². The third kappa shape index (κ3) is 3.61. The van der Waals surface area contributed by atoms with Gasteiger partial charge < -0.3 is 25.4 Å². The Hall–Kier alpha value is -1.44. The SMILES string of the molecule is Nc1nccc(N2CCOC[C@](O)(CN3CCCC3)C2)n1. The number of nitrogen functional groups attached to an aromatic ring is 1. The Morgan fingerprint density at radius 2 is 2.14 bits per heavy atom. The van der Waals surface area contributed by atoms with Gasteiger partial charge in [0.25, 0.3) is 0 Å². The molecule has 0 unspecified atom stereocenters. The van der Waals surface area contributed by atoms with Crippen LogP contribution in [0, 0.1) is 0 Å². The second kappa shape index (κ2) is 6.13. The number of nitrogens with zero attached hydrogens (tertiary/aromatic N) is 4. The van der Waals surface area contributed by atoms with Crippen LogP contribution in [0.5, 0.6) is 0 Å². The lowest BCUT2D eigenvalue weighted by molar-refractivity contribution is -0.0439. The van der Waals surface area contributed by atoms with E-state index in [9.17, 15) is 5.11 Å². The van der Waals surface area contributed by atoms with E-state index < -0.39 is 5.60 Å². The molecule has 1 aromatic heterocycles. The van der Waals surface area contributed by atoms with Gasteiger partial charge in [-0.2, -0.15) is 4.98 Å². The number of likely N-dealkylation sites (tertiary alicyclic amines) is 1. The number of hydrogen-bond acceptors (Lipinski definition) is 7. The van der Waals surface area contributed by atoms with Crippen LogP contribution in [0.25, 0.3) is 0 Å². The first kappa shape index (κ1) is 14.5. The van der Waals surface area contributed by atoms with Crippen LogP contribution in [-0.2, 0) is 4.74 Å².